The number of aliphatic hydroxyl groups is 2. The van der Waals surface area contributed by atoms with E-state index < -0.39 is 6.10 Å². The molecule has 3 amide bonds. The fourth-order valence-electron chi connectivity index (χ4n) is 2.10. The third-order valence-corrected chi connectivity index (χ3v) is 4.71. The van der Waals surface area contributed by atoms with Gasteiger partial charge >= 0.3 is 0 Å². The van der Waals surface area contributed by atoms with Crippen LogP contribution in [0.5, 0.6) is 0 Å². The number of carbonyl (C=O) groups is 3. The van der Waals surface area contributed by atoms with E-state index in [1.807, 2.05) is 6.92 Å². The topological polar surface area (TPSA) is 128 Å². The minimum atomic E-state index is -0.894. The molecule has 28 heavy (non-hydrogen) atoms. The first-order chi connectivity index (χ1) is 13.4. The first-order valence-corrected chi connectivity index (χ1v) is 10.9. The molecule has 0 aliphatic carbocycles. The second-order valence-corrected chi connectivity index (χ2v) is 7.29. The molecule has 0 heterocycles. The van der Waals surface area contributed by atoms with E-state index in [1.54, 1.807) is 23.6 Å². The van der Waals surface area contributed by atoms with Crippen molar-refractivity contribution in [1.29, 1.82) is 0 Å². The number of carbonyl (C=O) groups excluding carboxylic acids is 3. The molecule has 1 atom stereocenters. The summed E-state index contributed by atoms with van der Waals surface area (Å²) in [5.41, 5.74) is 0. The first kappa shape index (κ1) is 26.6. The fourth-order valence-corrected chi connectivity index (χ4v) is 2.99. The van der Waals surface area contributed by atoms with Gasteiger partial charge in [0.15, 0.2) is 0 Å². The lowest BCUT2D eigenvalue weighted by Crippen LogP contribution is -2.39. The third kappa shape index (κ3) is 14.7. The molecule has 0 aromatic carbocycles. The van der Waals surface area contributed by atoms with Crippen molar-refractivity contribution in [2.45, 2.75) is 39.2 Å². The molecular formula is C18H35N3O6S. The summed E-state index contributed by atoms with van der Waals surface area (Å²) >= 11 is 1.60. The summed E-state index contributed by atoms with van der Waals surface area (Å²) in [5, 5.41) is 23.2. The second kappa shape index (κ2) is 17.7. The van der Waals surface area contributed by atoms with Crippen LogP contribution in [0.3, 0.4) is 0 Å². The standard InChI is InChI=1S/C18H35N3O6S/c1-3-16(24)19-6-8-21(18(26)4-2)9-12-28-11-5-17(25)20-7-10-27-14-15(23)13-22/h15,22-23H,3-14H2,1-2H3,(H,19,24)(H,20,25). The van der Waals surface area contributed by atoms with Crippen LogP contribution in [0.15, 0.2) is 0 Å². The van der Waals surface area contributed by atoms with Gasteiger partial charge in [0.2, 0.25) is 17.7 Å². The summed E-state index contributed by atoms with van der Waals surface area (Å²) in [6, 6.07) is 0. The van der Waals surface area contributed by atoms with E-state index in [4.69, 9.17) is 14.9 Å². The lowest BCUT2D eigenvalue weighted by atomic mass is 10.3. The molecule has 0 spiro atoms. The zero-order valence-corrected chi connectivity index (χ0v) is 17.8. The first-order valence-electron chi connectivity index (χ1n) is 9.70. The Labute approximate surface area is 171 Å². The van der Waals surface area contributed by atoms with Crippen molar-refractivity contribution in [1.82, 2.24) is 15.5 Å². The van der Waals surface area contributed by atoms with E-state index in [1.165, 1.54) is 0 Å². The van der Waals surface area contributed by atoms with Crippen LogP contribution in [0.1, 0.15) is 33.1 Å². The number of hydrogen-bond acceptors (Lipinski definition) is 7. The Bertz CT molecular complexity index is 453. The maximum absolute atomic E-state index is 12.0. The van der Waals surface area contributed by atoms with Gasteiger partial charge in [0.05, 0.1) is 19.8 Å². The SMILES string of the molecule is CCC(=O)NCCN(CCSCCC(=O)NCCOCC(O)CO)C(=O)CC. The van der Waals surface area contributed by atoms with Crippen molar-refractivity contribution in [2.24, 2.45) is 0 Å². The Balaban J connectivity index is 3.80. The zero-order valence-electron chi connectivity index (χ0n) is 16.9. The smallest absolute Gasteiger partial charge is 0.222 e. The molecule has 4 N–H and O–H groups in total. The Morgan fingerprint density at radius 2 is 1.75 bits per heavy atom. The van der Waals surface area contributed by atoms with Crippen LogP contribution in [0.2, 0.25) is 0 Å². The van der Waals surface area contributed by atoms with Gasteiger partial charge in [0.1, 0.15) is 6.10 Å². The van der Waals surface area contributed by atoms with E-state index in [0.717, 1.165) is 5.75 Å². The summed E-state index contributed by atoms with van der Waals surface area (Å²) in [5.74, 6) is 1.32. The molecule has 10 heteroatoms. The van der Waals surface area contributed by atoms with Gasteiger partial charge in [-0.15, -0.1) is 0 Å². The lowest BCUT2D eigenvalue weighted by molar-refractivity contribution is -0.131. The van der Waals surface area contributed by atoms with Crippen molar-refractivity contribution >= 4 is 29.5 Å². The minimum absolute atomic E-state index is 0.0285. The highest BCUT2D eigenvalue weighted by Crippen LogP contribution is 2.04. The third-order valence-electron chi connectivity index (χ3n) is 3.75. The molecule has 0 aliphatic heterocycles. The predicted octanol–water partition coefficient (Wildman–Crippen LogP) is -0.639. The van der Waals surface area contributed by atoms with Gasteiger partial charge in [-0.3, -0.25) is 14.4 Å². The summed E-state index contributed by atoms with van der Waals surface area (Å²) in [6.07, 6.45) is 0.329. The number of nitrogens with one attached hydrogen (secondary N) is 2. The fraction of sp³-hybridized carbons (Fsp3) is 0.833. The highest BCUT2D eigenvalue weighted by atomic mass is 32.2. The minimum Gasteiger partial charge on any atom is -0.394 e. The van der Waals surface area contributed by atoms with Crippen molar-refractivity contribution in [2.75, 3.05) is 57.5 Å². The summed E-state index contributed by atoms with van der Waals surface area (Å²) < 4.78 is 5.10. The van der Waals surface area contributed by atoms with Crippen LogP contribution >= 0.6 is 11.8 Å². The second-order valence-electron chi connectivity index (χ2n) is 6.06. The Morgan fingerprint density at radius 3 is 2.39 bits per heavy atom. The Hall–Kier alpha value is -1.36. The molecule has 0 saturated heterocycles. The molecule has 0 aliphatic rings. The van der Waals surface area contributed by atoms with E-state index >= 15 is 0 Å². The normalized spacial score (nSPS) is 11.7. The Morgan fingerprint density at radius 1 is 1.04 bits per heavy atom. The van der Waals surface area contributed by atoms with Crippen molar-refractivity contribution in [3.63, 3.8) is 0 Å². The average molecular weight is 422 g/mol. The molecule has 1 unspecified atom stereocenters. The molecule has 0 aromatic rings. The molecule has 0 aromatic heterocycles. The van der Waals surface area contributed by atoms with E-state index in [0.29, 0.717) is 51.2 Å². The highest BCUT2D eigenvalue weighted by molar-refractivity contribution is 7.99. The molecule has 0 radical (unpaired) electrons. The van der Waals surface area contributed by atoms with E-state index in [2.05, 4.69) is 10.6 Å². The van der Waals surface area contributed by atoms with Crippen molar-refractivity contribution in [3.05, 3.63) is 0 Å². The van der Waals surface area contributed by atoms with Gasteiger partial charge < -0.3 is 30.5 Å². The highest BCUT2D eigenvalue weighted by Gasteiger charge is 2.11. The number of aliphatic hydroxyl groups excluding tert-OH is 2. The van der Waals surface area contributed by atoms with E-state index in [-0.39, 0.29) is 37.5 Å². The quantitative estimate of drug-likeness (QED) is 0.230. The van der Waals surface area contributed by atoms with Gasteiger partial charge in [-0.25, -0.2) is 0 Å². The van der Waals surface area contributed by atoms with Crippen molar-refractivity contribution in [3.8, 4) is 0 Å². The zero-order chi connectivity index (χ0) is 21.2. The van der Waals surface area contributed by atoms with Crippen LogP contribution < -0.4 is 10.6 Å². The molecule has 0 rings (SSSR count). The molecular weight excluding hydrogens is 386 g/mol. The maximum Gasteiger partial charge on any atom is 0.222 e. The van der Waals surface area contributed by atoms with Crippen LogP contribution in [-0.2, 0) is 19.1 Å². The summed E-state index contributed by atoms with van der Waals surface area (Å²) in [4.78, 5) is 36.7. The predicted molar refractivity (Wildman–Crippen MR) is 109 cm³/mol. The monoisotopic (exact) mass is 421 g/mol. The van der Waals surface area contributed by atoms with Gasteiger partial charge in [0, 0.05) is 56.9 Å². The van der Waals surface area contributed by atoms with Gasteiger partial charge in [-0.05, 0) is 0 Å². The van der Waals surface area contributed by atoms with E-state index in [9.17, 15) is 14.4 Å². The van der Waals surface area contributed by atoms with Crippen LogP contribution in [0.25, 0.3) is 0 Å². The largest absolute Gasteiger partial charge is 0.394 e. The Kier molecular flexibility index (Phi) is 16.9. The van der Waals surface area contributed by atoms with Crippen LogP contribution in [0.4, 0.5) is 0 Å². The maximum atomic E-state index is 12.0. The molecule has 164 valence electrons. The number of nitrogens with zero attached hydrogens (tertiary/aromatic N) is 1. The van der Waals surface area contributed by atoms with Crippen LogP contribution in [-0.4, -0.2) is 96.4 Å². The number of thioether (sulfide) groups is 1. The number of hydrogen-bond donors (Lipinski definition) is 4. The summed E-state index contributed by atoms with van der Waals surface area (Å²) in [7, 11) is 0. The summed E-state index contributed by atoms with van der Waals surface area (Å²) in [6.45, 7) is 5.44. The number of amides is 3. The molecule has 0 saturated carbocycles. The van der Waals surface area contributed by atoms with Crippen molar-refractivity contribution < 1.29 is 29.3 Å². The van der Waals surface area contributed by atoms with Gasteiger partial charge in [0.25, 0.3) is 0 Å². The number of ether oxygens (including phenoxy) is 1. The van der Waals surface area contributed by atoms with Gasteiger partial charge in [-0.1, -0.05) is 13.8 Å². The lowest BCUT2D eigenvalue weighted by Gasteiger charge is -2.22. The average Bonchev–Trinajstić information content (AvgIpc) is 2.70. The van der Waals surface area contributed by atoms with Gasteiger partial charge in [-0.2, -0.15) is 11.8 Å². The molecule has 9 nitrogen and oxygen atoms in total. The number of rotatable bonds is 17. The molecule has 0 fully saturated rings. The molecule has 0 bridgehead atoms. The van der Waals surface area contributed by atoms with Crippen LogP contribution in [0, 0.1) is 0 Å².